The molecule has 7 nitrogen and oxygen atoms in total. The summed E-state index contributed by atoms with van der Waals surface area (Å²) in [5, 5.41) is 4.72. The van der Waals surface area contributed by atoms with Crippen LogP contribution in [0.1, 0.15) is 26.2 Å². The summed E-state index contributed by atoms with van der Waals surface area (Å²) in [7, 11) is 0. The number of carbonyl (C=O) groups excluding carboxylic acids is 1. The Hall–Kier alpha value is -2.12. The Kier molecular flexibility index (Phi) is 6.68. The van der Waals surface area contributed by atoms with E-state index in [2.05, 4.69) is 15.0 Å². The van der Waals surface area contributed by atoms with Gasteiger partial charge in [-0.25, -0.2) is 4.79 Å². The molecule has 146 valence electrons. The molecule has 2 heterocycles. The molecule has 1 aliphatic rings. The second-order valence-electron chi connectivity index (χ2n) is 7.11. The molecule has 0 saturated carbocycles. The Morgan fingerprint density at radius 3 is 2.74 bits per heavy atom. The van der Waals surface area contributed by atoms with Crippen LogP contribution in [0.2, 0.25) is 5.02 Å². The summed E-state index contributed by atoms with van der Waals surface area (Å²) < 4.78 is 10.7. The minimum absolute atomic E-state index is 0.228. The standard InChI is InChI=1S/C19H25ClN4O3/c1-14(2)13-26-19(25)24-9-3-8-23(10-11-24)12-17-21-18(22-27-17)15-4-6-16(20)7-5-15/h4-7,14H,3,8-13H2,1-2H3. The molecule has 2 aromatic rings. The van der Waals surface area contributed by atoms with Gasteiger partial charge in [0.1, 0.15) is 0 Å². The third kappa shape index (κ3) is 5.68. The first-order valence-corrected chi connectivity index (χ1v) is 9.61. The molecule has 1 aliphatic heterocycles. The van der Waals surface area contributed by atoms with Crippen molar-refractivity contribution in [1.82, 2.24) is 19.9 Å². The number of halogens is 1. The maximum atomic E-state index is 12.1. The van der Waals surface area contributed by atoms with Crippen LogP contribution in [0.3, 0.4) is 0 Å². The Balaban J connectivity index is 1.53. The third-order valence-corrected chi connectivity index (χ3v) is 4.57. The van der Waals surface area contributed by atoms with E-state index in [9.17, 15) is 4.79 Å². The molecule has 0 unspecified atom stereocenters. The average molecular weight is 393 g/mol. The fourth-order valence-corrected chi connectivity index (χ4v) is 2.99. The number of aromatic nitrogens is 2. The number of hydrogen-bond donors (Lipinski definition) is 0. The highest BCUT2D eigenvalue weighted by Crippen LogP contribution is 2.19. The minimum Gasteiger partial charge on any atom is -0.449 e. The summed E-state index contributed by atoms with van der Waals surface area (Å²) in [5.74, 6) is 1.45. The largest absolute Gasteiger partial charge is 0.449 e. The van der Waals surface area contributed by atoms with Crippen LogP contribution in [0.5, 0.6) is 0 Å². The lowest BCUT2D eigenvalue weighted by atomic mass is 10.2. The van der Waals surface area contributed by atoms with E-state index in [1.807, 2.05) is 26.0 Å². The highest BCUT2D eigenvalue weighted by atomic mass is 35.5. The zero-order chi connectivity index (χ0) is 19.2. The van der Waals surface area contributed by atoms with Crippen molar-refractivity contribution in [2.75, 3.05) is 32.8 Å². The van der Waals surface area contributed by atoms with Crippen LogP contribution in [-0.4, -0.2) is 58.8 Å². The molecular weight excluding hydrogens is 368 g/mol. The van der Waals surface area contributed by atoms with E-state index in [1.165, 1.54) is 0 Å². The minimum atomic E-state index is -0.228. The molecule has 1 amide bonds. The highest BCUT2D eigenvalue weighted by Gasteiger charge is 2.22. The molecule has 0 spiro atoms. The topological polar surface area (TPSA) is 71.7 Å². The molecule has 0 aliphatic carbocycles. The first-order valence-electron chi connectivity index (χ1n) is 9.24. The van der Waals surface area contributed by atoms with Gasteiger partial charge in [0.25, 0.3) is 0 Å². The van der Waals surface area contributed by atoms with Crippen molar-refractivity contribution in [1.29, 1.82) is 0 Å². The normalized spacial score (nSPS) is 15.8. The Bertz CT molecular complexity index is 748. The number of benzene rings is 1. The molecule has 0 bridgehead atoms. The van der Waals surface area contributed by atoms with Gasteiger partial charge in [-0.3, -0.25) is 4.90 Å². The van der Waals surface area contributed by atoms with Gasteiger partial charge in [0.05, 0.1) is 13.2 Å². The van der Waals surface area contributed by atoms with E-state index in [1.54, 1.807) is 17.0 Å². The van der Waals surface area contributed by atoms with Gasteiger partial charge in [0.15, 0.2) is 0 Å². The Labute approximate surface area is 164 Å². The summed E-state index contributed by atoms with van der Waals surface area (Å²) in [6, 6.07) is 7.33. The number of ether oxygens (including phenoxy) is 1. The van der Waals surface area contributed by atoms with Gasteiger partial charge >= 0.3 is 6.09 Å². The van der Waals surface area contributed by atoms with E-state index >= 15 is 0 Å². The Morgan fingerprint density at radius 1 is 1.22 bits per heavy atom. The first-order chi connectivity index (χ1) is 13.0. The van der Waals surface area contributed by atoms with E-state index < -0.39 is 0 Å². The second-order valence-corrected chi connectivity index (χ2v) is 7.54. The average Bonchev–Trinajstić information content (AvgIpc) is 2.98. The molecule has 3 rings (SSSR count). The van der Waals surface area contributed by atoms with Crippen LogP contribution in [0.15, 0.2) is 28.8 Å². The quantitative estimate of drug-likeness (QED) is 0.772. The summed E-state index contributed by atoms with van der Waals surface area (Å²) >= 11 is 5.91. The lowest BCUT2D eigenvalue weighted by Crippen LogP contribution is -2.36. The van der Waals surface area contributed by atoms with Crippen LogP contribution >= 0.6 is 11.6 Å². The van der Waals surface area contributed by atoms with Crippen molar-refractivity contribution < 1.29 is 14.1 Å². The molecule has 1 fully saturated rings. The third-order valence-electron chi connectivity index (χ3n) is 4.32. The fraction of sp³-hybridized carbons (Fsp3) is 0.526. The smallest absolute Gasteiger partial charge is 0.409 e. The lowest BCUT2D eigenvalue weighted by Gasteiger charge is -2.21. The van der Waals surface area contributed by atoms with Gasteiger partial charge in [-0.2, -0.15) is 4.98 Å². The Morgan fingerprint density at radius 2 is 2.00 bits per heavy atom. The van der Waals surface area contributed by atoms with Crippen molar-refractivity contribution >= 4 is 17.7 Å². The number of amides is 1. The van der Waals surface area contributed by atoms with E-state index in [0.29, 0.717) is 48.9 Å². The van der Waals surface area contributed by atoms with Gasteiger partial charge in [0, 0.05) is 36.8 Å². The summed E-state index contributed by atoms with van der Waals surface area (Å²) in [6.07, 6.45) is 0.656. The maximum absolute atomic E-state index is 12.1. The molecule has 1 saturated heterocycles. The number of hydrogen-bond acceptors (Lipinski definition) is 6. The predicted octanol–water partition coefficient (Wildman–Crippen LogP) is 3.69. The first kappa shape index (κ1) is 19.6. The van der Waals surface area contributed by atoms with E-state index in [0.717, 1.165) is 25.1 Å². The molecule has 0 atom stereocenters. The summed E-state index contributed by atoms with van der Waals surface area (Å²) in [5.41, 5.74) is 0.865. The second kappa shape index (κ2) is 9.19. The molecule has 0 radical (unpaired) electrons. The van der Waals surface area contributed by atoms with Crippen LogP contribution in [-0.2, 0) is 11.3 Å². The van der Waals surface area contributed by atoms with Gasteiger partial charge in [-0.15, -0.1) is 0 Å². The number of nitrogens with zero attached hydrogens (tertiary/aromatic N) is 4. The van der Waals surface area contributed by atoms with Crippen LogP contribution in [0.4, 0.5) is 4.79 Å². The van der Waals surface area contributed by atoms with Crippen molar-refractivity contribution in [2.45, 2.75) is 26.8 Å². The SMILES string of the molecule is CC(C)COC(=O)N1CCCN(Cc2nc(-c3ccc(Cl)cc3)no2)CC1. The fourth-order valence-electron chi connectivity index (χ4n) is 2.87. The van der Waals surface area contributed by atoms with E-state index in [4.69, 9.17) is 20.9 Å². The molecular formula is C19H25ClN4O3. The summed E-state index contributed by atoms with van der Waals surface area (Å²) in [6.45, 7) is 8.02. The zero-order valence-electron chi connectivity index (χ0n) is 15.7. The number of carbonyl (C=O) groups is 1. The predicted molar refractivity (Wildman–Crippen MR) is 102 cm³/mol. The van der Waals surface area contributed by atoms with Gasteiger partial charge < -0.3 is 14.2 Å². The van der Waals surface area contributed by atoms with E-state index in [-0.39, 0.29) is 6.09 Å². The summed E-state index contributed by atoms with van der Waals surface area (Å²) in [4.78, 5) is 20.6. The van der Waals surface area contributed by atoms with Crippen molar-refractivity contribution in [3.63, 3.8) is 0 Å². The molecule has 0 N–H and O–H groups in total. The van der Waals surface area contributed by atoms with Gasteiger partial charge in [0.2, 0.25) is 11.7 Å². The molecule has 1 aromatic heterocycles. The van der Waals surface area contributed by atoms with Crippen LogP contribution in [0, 0.1) is 5.92 Å². The van der Waals surface area contributed by atoms with Crippen LogP contribution < -0.4 is 0 Å². The highest BCUT2D eigenvalue weighted by molar-refractivity contribution is 6.30. The zero-order valence-corrected chi connectivity index (χ0v) is 16.5. The van der Waals surface area contributed by atoms with Gasteiger partial charge in [-0.05, 0) is 36.6 Å². The van der Waals surface area contributed by atoms with Crippen molar-refractivity contribution in [3.8, 4) is 11.4 Å². The monoisotopic (exact) mass is 392 g/mol. The molecule has 1 aromatic carbocycles. The number of rotatable bonds is 5. The van der Waals surface area contributed by atoms with Gasteiger partial charge in [-0.1, -0.05) is 30.6 Å². The van der Waals surface area contributed by atoms with Crippen LogP contribution in [0.25, 0.3) is 11.4 Å². The maximum Gasteiger partial charge on any atom is 0.409 e. The lowest BCUT2D eigenvalue weighted by molar-refractivity contribution is 0.0928. The molecule has 8 heteroatoms. The van der Waals surface area contributed by atoms with Crippen molar-refractivity contribution in [2.24, 2.45) is 5.92 Å². The molecule has 27 heavy (non-hydrogen) atoms. The van der Waals surface area contributed by atoms with Crippen molar-refractivity contribution in [3.05, 3.63) is 35.2 Å².